The number of hydrogen-bond donors (Lipinski definition) is 0. The van der Waals surface area contributed by atoms with Crippen LogP contribution in [0.3, 0.4) is 0 Å². The SMILES string of the molecule is CN(C)CCC1CN(C)Cc2ccc(Cl)cc2O1. The third-order valence-electron chi connectivity index (χ3n) is 3.18. The van der Waals surface area contributed by atoms with Gasteiger partial charge in [0.15, 0.2) is 0 Å². The minimum absolute atomic E-state index is 0.233. The van der Waals surface area contributed by atoms with Crippen molar-refractivity contribution in [3.05, 3.63) is 28.8 Å². The predicted molar refractivity (Wildman–Crippen MR) is 75.4 cm³/mol. The lowest BCUT2D eigenvalue weighted by molar-refractivity contribution is 0.144. The second-order valence-corrected chi connectivity index (χ2v) is 5.72. The van der Waals surface area contributed by atoms with E-state index in [1.54, 1.807) is 0 Å². The fraction of sp³-hybridized carbons (Fsp3) is 0.571. The van der Waals surface area contributed by atoms with Crippen LogP contribution in [0.1, 0.15) is 12.0 Å². The van der Waals surface area contributed by atoms with E-state index in [9.17, 15) is 0 Å². The monoisotopic (exact) mass is 268 g/mol. The average Bonchev–Trinajstić information content (AvgIpc) is 2.44. The number of ether oxygens (including phenoxy) is 1. The summed E-state index contributed by atoms with van der Waals surface area (Å²) in [5, 5.41) is 0.740. The van der Waals surface area contributed by atoms with E-state index in [4.69, 9.17) is 16.3 Å². The molecule has 100 valence electrons. The van der Waals surface area contributed by atoms with E-state index in [1.165, 1.54) is 5.56 Å². The van der Waals surface area contributed by atoms with Crippen molar-refractivity contribution in [3.8, 4) is 5.75 Å². The van der Waals surface area contributed by atoms with Crippen LogP contribution in [0.2, 0.25) is 5.02 Å². The minimum atomic E-state index is 0.233. The molecule has 2 rings (SSSR count). The predicted octanol–water partition coefficient (Wildman–Crippen LogP) is 2.48. The molecule has 0 saturated heterocycles. The van der Waals surface area contributed by atoms with E-state index in [0.717, 1.165) is 36.8 Å². The van der Waals surface area contributed by atoms with Crippen LogP contribution in [0.4, 0.5) is 0 Å². The molecule has 0 aromatic heterocycles. The summed E-state index contributed by atoms with van der Waals surface area (Å²) in [6.45, 7) is 2.92. The lowest BCUT2D eigenvalue weighted by atomic mass is 10.2. The Labute approximate surface area is 114 Å². The maximum Gasteiger partial charge on any atom is 0.125 e. The smallest absolute Gasteiger partial charge is 0.125 e. The Morgan fingerprint density at radius 2 is 2.22 bits per heavy atom. The van der Waals surface area contributed by atoms with Crippen molar-refractivity contribution in [1.82, 2.24) is 9.80 Å². The highest BCUT2D eigenvalue weighted by Gasteiger charge is 2.20. The maximum absolute atomic E-state index is 6.11. The van der Waals surface area contributed by atoms with Crippen LogP contribution < -0.4 is 4.74 Å². The summed E-state index contributed by atoms with van der Waals surface area (Å²) < 4.78 is 6.11. The molecule has 1 unspecified atom stereocenters. The number of halogens is 1. The summed E-state index contributed by atoms with van der Waals surface area (Å²) in [6.07, 6.45) is 1.26. The molecule has 0 N–H and O–H groups in total. The highest BCUT2D eigenvalue weighted by Crippen LogP contribution is 2.28. The molecule has 0 saturated carbocycles. The first-order chi connectivity index (χ1) is 8.54. The summed E-state index contributed by atoms with van der Waals surface area (Å²) in [4.78, 5) is 4.49. The highest BCUT2D eigenvalue weighted by atomic mass is 35.5. The van der Waals surface area contributed by atoms with Gasteiger partial charge >= 0.3 is 0 Å². The molecule has 1 heterocycles. The van der Waals surface area contributed by atoms with E-state index >= 15 is 0 Å². The molecule has 1 aromatic rings. The Morgan fingerprint density at radius 3 is 2.94 bits per heavy atom. The molecule has 0 radical (unpaired) electrons. The molecule has 0 amide bonds. The molecule has 1 aromatic carbocycles. The second-order valence-electron chi connectivity index (χ2n) is 5.28. The molecule has 0 spiro atoms. The molecule has 1 aliphatic rings. The standard InChI is InChI=1S/C14H21ClN2O/c1-16(2)7-6-13-10-17(3)9-11-4-5-12(15)8-14(11)18-13/h4-5,8,13H,6-7,9-10H2,1-3H3. The van der Waals surface area contributed by atoms with Gasteiger partial charge in [-0.3, -0.25) is 4.90 Å². The van der Waals surface area contributed by atoms with Crippen LogP contribution in [-0.2, 0) is 6.54 Å². The van der Waals surface area contributed by atoms with E-state index < -0.39 is 0 Å². The van der Waals surface area contributed by atoms with Crippen LogP contribution in [0, 0.1) is 0 Å². The van der Waals surface area contributed by atoms with Gasteiger partial charge in [-0.25, -0.2) is 0 Å². The van der Waals surface area contributed by atoms with Gasteiger partial charge in [-0.15, -0.1) is 0 Å². The van der Waals surface area contributed by atoms with E-state index in [2.05, 4.69) is 37.0 Å². The van der Waals surface area contributed by atoms with Crippen molar-refractivity contribution in [2.75, 3.05) is 34.2 Å². The van der Waals surface area contributed by atoms with Crippen LogP contribution in [0.5, 0.6) is 5.75 Å². The van der Waals surface area contributed by atoms with Crippen LogP contribution in [0.15, 0.2) is 18.2 Å². The van der Waals surface area contributed by atoms with Gasteiger partial charge in [-0.05, 0) is 39.7 Å². The van der Waals surface area contributed by atoms with Gasteiger partial charge in [0.25, 0.3) is 0 Å². The zero-order valence-electron chi connectivity index (χ0n) is 11.3. The summed E-state index contributed by atoms with van der Waals surface area (Å²) in [5.74, 6) is 0.940. The fourth-order valence-corrected chi connectivity index (χ4v) is 2.40. The first-order valence-corrected chi connectivity index (χ1v) is 6.71. The Balaban J connectivity index is 2.12. The third-order valence-corrected chi connectivity index (χ3v) is 3.41. The number of likely N-dealkylation sites (N-methyl/N-ethyl adjacent to an activating group) is 1. The van der Waals surface area contributed by atoms with Gasteiger partial charge in [0.05, 0.1) is 0 Å². The van der Waals surface area contributed by atoms with Crippen molar-refractivity contribution in [3.63, 3.8) is 0 Å². The fourth-order valence-electron chi connectivity index (χ4n) is 2.24. The lowest BCUT2D eigenvalue weighted by Crippen LogP contribution is -2.32. The van der Waals surface area contributed by atoms with Crippen molar-refractivity contribution < 1.29 is 4.74 Å². The maximum atomic E-state index is 6.11. The molecule has 0 aliphatic carbocycles. The molecule has 0 bridgehead atoms. The molecule has 1 aliphatic heterocycles. The Kier molecular flexibility index (Phi) is 4.49. The number of nitrogens with zero attached hydrogens (tertiary/aromatic N) is 2. The lowest BCUT2D eigenvalue weighted by Gasteiger charge is -2.21. The van der Waals surface area contributed by atoms with Gasteiger partial charge in [0.1, 0.15) is 11.9 Å². The summed E-state index contributed by atoms with van der Waals surface area (Å²) in [7, 11) is 6.31. The molecule has 3 nitrogen and oxygen atoms in total. The molecular weight excluding hydrogens is 248 g/mol. The summed E-state index contributed by atoms with van der Waals surface area (Å²) in [5.41, 5.74) is 1.22. The normalized spacial score (nSPS) is 20.4. The van der Waals surface area contributed by atoms with Crippen molar-refractivity contribution in [1.29, 1.82) is 0 Å². The van der Waals surface area contributed by atoms with E-state index in [0.29, 0.717) is 0 Å². The highest BCUT2D eigenvalue weighted by molar-refractivity contribution is 6.30. The van der Waals surface area contributed by atoms with Gasteiger partial charge in [-0.2, -0.15) is 0 Å². The topological polar surface area (TPSA) is 15.7 Å². The minimum Gasteiger partial charge on any atom is -0.489 e. The zero-order chi connectivity index (χ0) is 13.1. The molecule has 4 heteroatoms. The first-order valence-electron chi connectivity index (χ1n) is 6.33. The zero-order valence-corrected chi connectivity index (χ0v) is 12.1. The number of hydrogen-bond acceptors (Lipinski definition) is 3. The number of rotatable bonds is 3. The molecular formula is C14H21ClN2O. The Bertz CT molecular complexity index is 409. The van der Waals surface area contributed by atoms with E-state index in [-0.39, 0.29) is 6.10 Å². The van der Waals surface area contributed by atoms with Crippen molar-refractivity contribution in [2.45, 2.75) is 19.1 Å². The van der Waals surface area contributed by atoms with Gasteiger partial charge in [0.2, 0.25) is 0 Å². The largest absolute Gasteiger partial charge is 0.489 e. The molecule has 1 atom stereocenters. The van der Waals surface area contributed by atoms with Crippen molar-refractivity contribution >= 4 is 11.6 Å². The Morgan fingerprint density at radius 1 is 1.44 bits per heavy atom. The third kappa shape index (κ3) is 3.61. The molecule has 18 heavy (non-hydrogen) atoms. The first kappa shape index (κ1) is 13.7. The van der Waals surface area contributed by atoms with Crippen molar-refractivity contribution in [2.24, 2.45) is 0 Å². The van der Waals surface area contributed by atoms with Gasteiger partial charge < -0.3 is 9.64 Å². The van der Waals surface area contributed by atoms with Gasteiger partial charge in [0, 0.05) is 30.2 Å². The van der Waals surface area contributed by atoms with Gasteiger partial charge in [-0.1, -0.05) is 17.7 Å². The van der Waals surface area contributed by atoms with Crippen LogP contribution >= 0.6 is 11.6 Å². The van der Waals surface area contributed by atoms with Crippen LogP contribution in [0.25, 0.3) is 0 Å². The Hall–Kier alpha value is -0.770. The summed E-state index contributed by atoms with van der Waals surface area (Å²) in [6, 6.07) is 5.92. The summed E-state index contributed by atoms with van der Waals surface area (Å²) >= 11 is 6.04. The van der Waals surface area contributed by atoms with Crippen LogP contribution in [-0.4, -0.2) is 50.1 Å². The second kappa shape index (κ2) is 5.91. The quantitative estimate of drug-likeness (QED) is 0.838. The average molecular weight is 269 g/mol. The van der Waals surface area contributed by atoms with E-state index in [1.807, 2.05) is 12.1 Å². The molecule has 0 fully saturated rings. The number of fused-ring (bicyclic) bond motifs is 1. The number of benzene rings is 1.